The van der Waals surface area contributed by atoms with E-state index in [0.717, 1.165) is 80.8 Å². The molecular formula is C22H29N5O. The van der Waals surface area contributed by atoms with E-state index in [0.29, 0.717) is 6.04 Å². The average Bonchev–Trinajstić information content (AvgIpc) is 3.15. The van der Waals surface area contributed by atoms with Crippen LogP contribution < -0.4 is 10.9 Å². The lowest BCUT2D eigenvalue weighted by molar-refractivity contribution is 0.301. The Morgan fingerprint density at radius 1 is 0.964 bits per heavy atom. The Hall–Kier alpha value is -2.24. The molecule has 1 N–H and O–H groups in total. The monoisotopic (exact) mass is 379 g/mol. The van der Waals surface area contributed by atoms with Crippen LogP contribution in [0.1, 0.15) is 74.0 Å². The first-order chi connectivity index (χ1) is 13.7. The molecule has 1 fully saturated rings. The van der Waals surface area contributed by atoms with Gasteiger partial charge in [0.1, 0.15) is 5.82 Å². The lowest BCUT2D eigenvalue weighted by Gasteiger charge is -2.30. The predicted molar refractivity (Wildman–Crippen MR) is 109 cm³/mol. The second kappa shape index (κ2) is 7.30. The van der Waals surface area contributed by atoms with Gasteiger partial charge in [0.15, 0.2) is 0 Å². The molecule has 28 heavy (non-hydrogen) atoms. The Balaban J connectivity index is 1.23. The molecule has 0 spiro atoms. The molecule has 148 valence electrons. The van der Waals surface area contributed by atoms with Gasteiger partial charge in [-0.15, -0.1) is 5.10 Å². The Bertz CT molecular complexity index is 929. The van der Waals surface area contributed by atoms with Crippen LogP contribution in [0, 0.1) is 5.92 Å². The van der Waals surface area contributed by atoms with Crippen LogP contribution in [0.2, 0.25) is 0 Å². The smallest absolute Gasteiger partial charge is 0.267 e. The van der Waals surface area contributed by atoms with Crippen molar-refractivity contribution in [3.8, 4) is 0 Å². The van der Waals surface area contributed by atoms with Crippen molar-refractivity contribution in [2.45, 2.75) is 83.2 Å². The highest BCUT2D eigenvalue weighted by Crippen LogP contribution is 2.30. The number of nitrogens with one attached hydrogen (secondary N) is 1. The summed E-state index contributed by atoms with van der Waals surface area (Å²) in [6, 6.07) is 4.65. The van der Waals surface area contributed by atoms with Crippen molar-refractivity contribution in [1.29, 1.82) is 0 Å². The maximum Gasteiger partial charge on any atom is 0.267 e. The molecule has 6 heteroatoms. The van der Waals surface area contributed by atoms with Gasteiger partial charge in [0.25, 0.3) is 5.56 Å². The van der Waals surface area contributed by atoms with Crippen molar-refractivity contribution in [1.82, 2.24) is 20.0 Å². The molecule has 1 unspecified atom stereocenters. The van der Waals surface area contributed by atoms with Crippen LogP contribution in [0.25, 0.3) is 0 Å². The van der Waals surface area contributed by atoms with Crippen LogP contribution in [0.5, 0.6) is 0 Å². The van der Waals surface area contributed by atoms with Crippen LogP contribution in [0.4, 0.5) is 5.82 Å². The van der Waals surface area contributed by atoms with Crippen LogP contribution in [-0.4, -0.2) is 26.0 Å². The highest BCUT2D eigenvalue weighted by atomic mass is 16.1. The summed E-state index contributed by atoms with van der Waals surface area (Å²) in [5.41, 5.74) is 4.91. The fourth-order valence-electron chi connectivity index (χ4n) is 5.12. The number of fused-ring (bicyclic) bond motifs is 2. The van der Waals surface area contributed by atoms with E-state index >= 15 is 0 Å². The van der Waals surface area contributed by atoms with Crippen LogP contribution in [0.15, 0.2) is 16.9 Å². The summed E-state index contributed by atoms with van der Waals surface area (Å²) in [6.45, 7) is 2.31. The van der Waals surface area contributed by atoms with E-state index in [1.165, 1.54) is 17.7 Å². The fraction of sp³-hybridized carbons (Fsp3) is 0.636. The van der Waals surface area contributed by atoms with Gasteiger partial charge in [-0.25, -0.2) is 4.68 Å². The first-order valence-electron chi connectivity index (χ1n) is 10.9. The highest BCUT2D eigenvalue weighted by molar-refractivity contribution is 5.40. The normalized spacial score (nSPS) is 26.5. The standard InChI is InChI=1S/C22H29N5O/c1-14-5-10-19-16(11-14)12-21(25-24-19)23-17-6-8-18(9-7-17)27-22(28)13-15-3-2-4-20(15)26-27/h12-14,17-18H,2-11H2,1H3,(H,23,25). The third-order valence-corrected chi connectivity index (χ3v) is 6.78. The first kappa shape index (κ1) is 17.8. The number of hydrogen-bond donors (Lipinski definition) is 1. The molecule has 3 aliphatic rings. The molecule has 2 aromatic heterocycles. The van der Waals surface area contributed by atoms with E-state index in [1.54, 1.807) is 4.68 Å². The van der Waals surface area contributed by atoms with Crippen LogP contribution in [0.3, 0.4) is 0 Å². The Morgan fingerprint density at radius 3 is 2.68 bits per heavy atom. The van der Waals surface area contributed by atoms with E-state index in [1.807, 2.05) is 6.07 Å². The molecule has 0 aliphatic heterocycles. The van der Waals surface area contributed by atoms with Gasteiger partial charge in [-0.05, 0) is 87.3 Å². The van der Waals surface area contributed by atoms with E-state index in [2.05, 4.69) is 28.5 Å². The third-order valence-electron chi connectivity index (χ3n) is 6.78. The molecule has 1 saturated carbocycles. The average molecular weight is 380 g/mol. The zero-order valence-electron chi connectivity index (χ0n) is 16.7. The maximum atomic E-state index is 12.5. The van der Waals surface area contributed by atoms with Crippen molar-refractivity contribution < 1.29 is 0 Å². The van der Waals surface area contributed by atoms with Crippen molar-refractivity contribution >= 4 is 5.82 Å². The zero-order chi connectivity index (χ0) is 19.1. The topological polar surface area (TPSA) is 72.7 Å². The van der Waals surface area contributed by atoms with E-state index in [-0.39, 0.29) is 11.6 Å². The van der Waals surface area contributed by atoms with Crippen molar-refractivity contribution in [2.24, 2.45) is 5.92 Å². The molecule has 5 rings (SSSR count). The second-order valence-corrected chi connectivity index (χ2v) is 8.95. The van der Waals surface area contributed by atoms with E-state index < -0.39 is 0 Å². The molecule has 6 nitrogen and oxygen atoms in total. The first-order valence-corrected chi connectivity index (χ1v) is 10.9. The molecule has 2 heterocycles. The number of aryl methyl sites for hydroxylation is 3. The Labute approximate surface area is 165 Å². The van der Waals surface area contributed by atoms with E-state index in [9.17, 15) is 4.79 Å². The Morgan fingerprint density at radius 2 is 1.82 bits per heavy atom. The quantitative estimate of drug-likeness (QED) is 0.886. The van der Waals surface area contributed by atoms with Gasteiger partial charge in [-0.2, -0.15) is 10.2 Å². The summed E-state index contributed by atoms with van der Waals surface area (Å²) in [7, 11) is 0. The van der Waals surface area contributed by atoms with E-state index in [4.69, 9.17) is 5.10 Å². The molecule has 0 aromatic carbocycles. The molecular weight excluding hydrogens is 350 g/mol. The van der Waals surface area contributed by atoms with Gasteiger partial charge in [0.2, 0.25) is 0 Å². The van der Waals surface area contributed by atoms with Gasteiger partial charge in [-0.3, -0.25) is 4.79 Å². The molecule has 0 bridgehead atoms. The lowest BCUT2D eigenvalue weighted by Crippen LogP contribution is -2.34. The number of rotatable bonds is 3. The molecule has 2 aromatic rings. The zero-order valence-corrected chi connectivity index (χ0v) is 16.7. The summed E-state index contributed by atoms with van der Waals surface area (Å²) in [6.07, 6.45) is 10.6. The minimum absolute atomic E-state index is 0.0757. The lowest BCUT2D eigenvalue weighted by atomic mass is 9.88. The summed E-state index contributed by atoms with van der Waals surface area (Å²) in [4.78, 5) is 12.5. The van der Waals surface area contributed by atoms with Crippen molar-refractivity contribution in [2.75, 3.05) is 5.32 Å². The molecule has 0 radical (unpaired) electrons. The number of hydrogen-bond acceptors (Lipinski definition) is 5. The van der Waals surface area contributed by atoms with Crippen molar-refractivity contribution in [3.05, 3.63) is 45.0 Å². The number of aromatic nitrogens is 4. The van der Waals surface area contributed by atoms with Crippen LogP contribution in [-0.2, 0) is 25.7 Å². The summed E-state index contributed by atoms with van der Waals surface area (Å²) >= 11 is 0. The largest absolute Gasteiger partial charge is 0.366 e. The summed E-state index contributed by atoms with van der Waals surface area (Å²) in [5, 5.41) is 17.2. The molecule has 0 amide bonds. The minimum atomic E-state index is 0.0757. The Kier molecular flexibility index (Phi) is 4.65. The number of anilines is 1. The molecule has 1 atom stereocenters. The summed E-state index contributed by atoms with van der Waals surface area (Å²) in [5.74, 6) is 1.64. The molecule has 3 aliphatic carbocycles. The summed E-state index contributed by atoms with van der Waals surface area (Å²) < 4.78 is 1.76. The van der Waals surface area contributed by atoms with Gasteiger partial charge in [-0.1, -0.05) is 6.92 Å². The molecule has 0 saturated heterocycles. The van der Waals surface area contributed by atoms with Crippen LogP contribution >= 0.6 is 0 Å². The third kappa shape index (κ3) is 3.45. The van der Waals surface area contributed by atoms with Crippen molar-refractivity contribution in [3.63, 3.8) is 0 Å². The van der Waals surface area contributed by atoms with Gasteiger partial charge < -0.3 is 5.32 Å². The number of nitrogens with zero attached hydrogens (tertiary/aromatic N) is 4. The van der Waals surface area contributed by atoms with Gasteiger partial charge in [0.05, 0.1) is 17.4 Å². The van der Waals surface area contributed by atoms with Gasteiger partial charge >= 0.3 is 0 Å². The second-order valence-electron chi connectivity index (χ2n) is 8.95. The SMILES string of the molecule is CC1CCc2nnc(NC3CCC(n4nc5c(cc4=O)CCC5)CC3)cc2C1. The highest BCUT2D eigenvalue weighted by Gasteiger charge is 2.26. The maximum absolute atomic E-state index is 12.5. The minimum Gasteiger partial charge on any atom is -0.366 e. The fourth-order valence-corrected chi connectivity index (χ4v) is 5.12. The van der Waals surface area contributed by atoms with Gasteiger partial charge in [0, 0.05) is 12.1 Å². The predicted octanol–water partition coefficient (Wildman–Crippen LogP) is 3.24.